The van der Waals surface area contributed by atoms with Crippen molar-refractivity contribution >= 4 is 5.96 Å². The number of hydrogen-bond acceptors (Lipinski definition) is 2. The summed E-state index contributed by atoms with van der Waals surface area (Å²) < 4.78 is 5.62. The summed E-state index contributed by atoms with van der Waals surface area (Å²) in [6.07, 6.45) is 5.00. The van der Waals surface area contributed by atoms with Crippen molar-refractivity contribution in [3.8, 4) is 0 Å². The van der Waals surface area contributed by atoms with E-state index in [-0.39, 0.29) is 0 Å². The second-order valence-corrected chi connectivity index (χ2v) is 7.00. The summed E-state index contributed by atoms with van der Waals surface area (Å²) in [6.45, 7) is 13.7. The first-order chi connectivity index (χ1) is 9.40. The van der Waals surface area contributed by atoms with Crippen LogP contribution in [0.5, 0.6) is 0 Å². The van der Waals surface area contributed by atoms with Crippen LogP contribution in [0.1, 0.15) is 60.3 Å². The number of hydrogen-bond donors (Lipinski definition) is 2. The molecule has 4 nitrogen and oxygen atoms in total. The first-order valence-electron chi connectivity index (χ1n) is 8.07. The zero-order chi connectivity index (χ0) is 15.0. The standard InChI is InChI=1S/C16H33N3O/c1-6-17-15(18-12-14-8-7-11-20-14)19-13(2)9-10-16(3,4)5/h13-14H,6-12H2,1-5H3,(H2,17,18,19). The third kappa shape index (κ3) is 7.73. The molecule has 2 N–H and O–H groups in total. The molecule has 0 aromatic carbocycles. The molecule has 1 heterocycles. The third-order valence-corrected chi connectivity index (χ3v) is 3.53. The zero-order valence-corrected chi connectivity index (χ0v) is 14.0. The van der Waals surface area contributed by atoms with Crippen molar-refractivity contribution in [3.05, 3.63) is 0 Å². The van der Waals surface area contributed by atoms with Gasteiger partial charge in [-0.2, -0.15) is 0 Å². The molecule has 0 aliphatic carbocycles. The number of rotatable bonds is 6. The molecule has 0 radical (unpaired) electrons. The van der Waals surface area contributed by atoms with Crippen molar-refractivity contribution in [2.45, 2.75) is 72.4 Å². The lowest BCUT2D eigenvalue weighted by atomic mass is 9.89. The van der Waals surface area contributed by atoms with Crippen molar-refractivity contribution in [1.82, 2.24) is 10.6 Å². The molecule has 0 aromatic rings. The fourth-order valence-electron chi connectivity index (χ4n) is 2.26. The molecule has 1 rings (SSSR count). The molecule has 118 valence electrons. The highest BCUT2D eigenvalue weighted by Gasteiger charge is 2.16. The van der Waals surface area contributed by atoms with Gasteiger partial charge < -0.3 is 15.4 Å². The molecule has 0 spiro atoms. The zero-order valence-electron chi connectivity index (χ0n) is 14.0. The van der Waals surface area contributed by atoms with Crippen LogP contribution < -0.4 is 10.6 Å². The first kappa shape index (κ1) is 17.3. The van der Waals surface area contributed by atoms with Crippen LogP contribution in [0.25, 0.3) is 0 Å². The van der Waals surface area contributed by atoms with Gasteiger partial charge in [-0.1, -0.05) is 20.8 Å². The minimum absolute atomic E-state index is 0.315. The van der Waals surface area contributed by atoms with Gasteiger partial charge in [0.1, 0.15) is 0 Å². The number of nitrogens with zero attached hydrogens (tertiary/aromatic N) is 1. The second kappa shape index (κ2) is 8.50. The Labute approximate surface area is 124 Å². The molecule has 20 heavy (non-hydrogen) atoms. The summed E-state index contributed by atoms with van der Waals surface area (Å²) >= 11 is 0. The van der Waals surface area contributed by atoms with Crippen molar-refractivity contribution in [2.24, 2.45) is 10.4 Å². The Kier molecular flexibility index (Phi) is 7.35. The van der Waals surface area contributed by atoms with Gasteiger partial charge in [-0.05, 0) is 44.9 Å². The van der Waals surface area contributed by atoms with Gasteiger partial charge in [0.05, 0.1) is 12.6 Å². The van der Waals surface area contributed by atoms with E-state index in [9.17, 15) is 0 Å². The maximum atomic E-state index is 5.62. The van der Waals surface area contributed by atoms with Gasteiger partial charge in [0.2, 0.25) is 0 Å². The van der Waals surface area contributed by atoms with E-state index in [0.29, 0.717) is 17.6 Å². The average molecular weight is 283 g/mol. The van der Waals surface area contributed by atoms with Gasteiger partial charge in [0, 0.05) is 19.2 Å². The lowest BCUT2D eigenvalue weighted by molar-refractivity contribution is 0.117. The fourth-order valence-corrected chi connectivity index (χ4v) is 2.26. The molecule has 2 unspecified atom stereocenters. The van der Waals surface area contributed by atoms with Crippen LogP contribution in [0.15, 0.2) is 4.99 Å². The Morgan fingerprint density at radius 3 is 2.70 bits per heavy atom. The Balaban J connectivity index is 2.38. The van der Waals surface area contributed by atoms with Gasteiger partial charge in [0.25, 0.3) is 0 Å². The SMILES string of the molecule is CCNC(=NCC1CCCO1)NC(C)CCC(C)(C)C. The predicted octanol–water partition coefficient (Wildman–Crippen LogP) is 2.94. The average Bonchev–Trinajstić information content (AvgIpc) is 2.86. The van der Waals surface area contributed by atoms with E-state index in [2.05, 4.69) is 50.2 Å². The minimum Gasteiger partial charge on any atom is -0.376 e. The van der Waals surface area contributed by atoms with Crippen molar-refractivity contribution in [3.63, 3.8) is 0 Å². The van der Waals surface area contributed by atoms with Gasteiger partial charge >= 0.3 is 0 Å². The lowest BCUT2D eigenvalue weighted by Crippen LogP contribution is -2.43. The van der Waals surface area contributed by atoms with Gasteiger partial charge in [-0.3, -0.25) is 4.99 Å². The van der Waals surface area contributed by atoms with E-state index in [1.165, 1.54) is 12.8 Å². The van der Waals surface area contributed by atoms with E-state index < -0.39 is 0 Å². The van der Waals surface area contributed by atoms with E-state index in [0.717, 1.165) is 38.5 Å². The Morgan fingerprint density at radius 1 is 1.40 bits per heavy atom. The summed E-state index contributed by atoms with van der Waals surface area (Å²) in [5, 5.41) is 6.82. The van der Waals surface area contributed by atoms with Gasteiger partial charge in [-0.15, -0.1) is 0 Å². The molecule has 1 saturated heterocycles. The molecule has 2 atom stereocenters. The Bertz CT molecular complexity index is 291. The number of nitrogens with one attached hydrogen (secondary N) is 2. The number of guanidine groups is 1. The summed E-state index contributed by atoms with van der Waals surface area (Å²) in [4.78, 5) is 4.65. The van der Waals surface area contributed by atoms with Crippen LogP contribution in [0.3, 0.4) is 0 Å². The minimum atomic E-state index is 0.315. The van der Waals surface area contributed by atoms with Crippen LogP contribution in [0.4, 0.5) is 0 Å². The molecule has 4 heteroatoms. The molecule has 0 saturated carbocycles. The van der Waals surface area contributed by atoms with Crippen LogP contribution in [-0.2, 0) is 4.74 Å². The van der Waals surface area contributed by atoms with Crippen molar-refractivity contribution in [1.29, 1.82) is 0 Å². The molecule has 0 amide bonds. The van der Waals surface area contributed by atoms with E-state index in [1.807, 2.05) is 0 Å². The van der Waals surface area contributed by atoms with Crippen LogP contribution in [-0.4, -0.2) is 37.8 Å². The maximum Gasteiger partial charge on any atom is 0.191 e. The predicted molar refractivity (Wildman–Crippen MR) is 86.2 cm³/mol. The van der Waals surface area contributed by atoms with Gasteiger partial charge in [0.15, 0.2) is 5.96 Å². The van der Waals surface area contributed by atoms with E-state index in [4.69, 9.17) is 4.74 Å². The lowest BCUT2D eigenvalue weighted by Gasteiger charge is -2.23. The second-order valence-electron chi connectivity index (χ2n) is 7.00. The summed E-state index contributed by atoms with van der Waals surface area (Å²) in [6, 6.07) is 0.441. The Hall–Kier alpha value is -0.770. The summed E-state index contributed by atoms with van der Waals surface area (Å²) in [7, 11) is 0. The summed E-state index contributed by atoms with van der Waals surface area (Å²) in [5.74, 6) is 0.921. The molecule has 1 aliphatic rings. The van der Waals surface area contributed by atoms with E-state index in [1.54, 1.807) is 0 Å². The highest BCUT2D eigenvalue weighted by molar-refractivity contribution is 5.80. The third-order valence-electron chi connectivity index (χ3n) is 3.53. The molecular formula is C16H33N3O. The van der Waals surface area contributed by atoms with Crippen molar-refractivity contribution < 1.29 is 4.74 Å². The number of aliphatic imine (C=N–C) groups is 1. The van der Waals surface area contributed by atoms with Crippen molar-refractivity contribution in [2.75, 3.05) is 19.7 Å². The largest absolute Gasteiger partial charge is 0.376 e. The topological polar surface area (TPSA) is 45.7 Å². The fraction of sp³-hybridized carbons (Fsp3) is 0.938. The Morgan fingerprint density at radius 2 is 2.15 bits per heavy atom. The summed E-state index contributed by atoms with van der Waals surface area (Å²) in [5.41, 5.74) is 0.392. The maximum absolute atomic E-state index is 5.62. The van der Waals surface area contributed by atoms with Crippen LogP contribution in [0.2, 0.25) is 0 Å². The molecule has 1 fully saturated rings. The number of ether oxygens (including phenoxy) is 1. The molecule has 0 bridgehead atoms. The molecular weight excluding hydrogens is 250 g/mol. The van der Waals surface area contributed by atoms with Crippen LogP contribution in [0, 0.1) is 5.41 Å². The smallest absolute Gasteiger partial charge is 0.191 e. The molecule has 1 aliphatic heterocycles. The normalized spacial score (nSPS) is 21.9. The highest BCUT2D eigenvalue weighted by atomic mass is 16.5. The highest BCUT2D eigenvalue weighted by Crippen LogP contribution is 2.21. The molecule has 0 aromatic heterocycles. The monoisotopic (exact) mass is 283 g/mol. The first-order valence-corrected chi connectivity index (χ1v) is 8.07. The quantitative estimate of drug-likeness (QED) is 0.582. The van der Waals surface area contributed by atoms with Crippen LogP contribution >= 0.6 is 0 Å². The van der Waals surface area contributed by atoms with E-state index >= 15 is 0 Å². The van der Waals surface area contributed by atoms with Gasteiger partial charge in [-0.25, -0.2) is 0 Å².